The molecule has 0 radical (unpaired) electrons. The molecule has 0 bridgehead atoms. The van der Waals surface area contributed by atoms with E-state index in [0.717, 1.165) is 27.7 Å². The second-order valence-corrected chi connectivity index (χ2v) is 7.21. The van der Waals surface area contributed by atoms with Crippen molar-refractivity contribution in [1.82, 2.24) is 9.97 Å². The number of methoxy groups -OCH3 is 4. The monoisotopic (exact) mass is 459 g/mol. The summed E-state index contributed by atoms with van der Waals surface area (Å²) in [6.45, 7) is 4.48. The number of hydrogen-bond acceptors (Lipinski definition) is 10. The summed E-state index contributed by atoms with van der Waals surface area (Å²) in [4.78, 5) is 8.30. The Hall–Kier alpha value is -3.50. The van der Waals surface area contributed by atoms with Crippen molar-refractivity contribution < 1.29 is 24.1 Å². The second kappa shape index (κ2) is 11.9. The van der Waals surface area contributed by atoms with E-state index in [1.807, 2.05) is 31.2 Å². The molecule has 0 aliphatic carbocycles. The molecule has 1 unspecified atom stereocenters. The molecule has 0 spiro atoms. The number of aliphatic hydroxyl groups is 1. The van der Waals surface area contributed by atoms with Crippen LogP contribution in [0.4, 0.5) is 17.5 Å². The summed E-state index contributed by atoms with van der Waals surface area (Å²) in [5.41, 5.74) is 15.4. The molecule has 0 amide bonds. The van der Waals surface area contributed by atoms with E-state index in [4.69, 9.17) is 30.8 Å². The fourth-order valence-electron chi connectivity index (χ4n) is 3.13. The van der Waals surface area contributed by atoms with Crippen LogP contribution in [-0.4, -0.2) is 56.2 Å². The van der Waals surface area contributed by atoms with E-state index in [1.54, 1.807) is 35.4 Å². The van der Waals surface area contributed by atoms with Gasteiger partial charge in [0, 0.05) is 36.9 Å². The standard InChI is InChI=1S/C19H23N5O3.C4H10O2/c1-10-11(5-6-13-16(10)18(20)24-19(21)23-13)9-22-12-7-14(25-2)17(27-4)15(8-12)26-3;1-4(3-5)6-2/h5-8,22H,9H2,1-4H3,(H4,20,21,23,24);4-5H,3H2,1-2H3. The van der Waals surface area contributed by atoms with Crippen molar-refractivity contribution in [2.24, 2.45) is 0 Å². The number of hydrogen-bond donors (Lipinski definition) is 4. The lowest BCUT2D eigenvalue weighted by Gasteiger charge is -2.16. The lowest BCUT2D eigenvalue weighted by atomic mass is 10.0. The minimum atomic E-state index is -0.00926. The van der Waals surface area contributed by atoms with Crippen LogP contribution in [0.5, 0.6) is 17.2 Å². The first-order chi connectivity index (χ1) is 15.8. The maximum atomic E-state index is 8.21. The molecule has 180 valence electrons. The Balaban J connectivity index is 0.000000569. The summed E-state index contributed by atoms with van der Waals surface area (Å²) < 4.78 is 20.8. The number of nitrogens with one attached hydrogen (secondary N) is 1. The number of anilines is 3. The zero-order chi connectivity index (χ0) is 24.5. The van der Waals surface area contributed by atoms with Crippen molar-refractivity contribution in [2.45, 2.75) is 26.5 Å². The van der Waals surface area contributed by atoms with Crippen molar-refractivity contribution in [2.75, 3.05) is 51.8 Å². The van der Waals surface area contributed by atoms with Gasteiger partial charge in [0.05, 0.1) is 39.6 Å². The number of aliphatic hydroxyl groups excluding tert-OH is 1. The summed E-state index contributed by atoms with van der Waals surface area (Å²) in [6.07, 6.45) is -0.00926. The maximum absolute atomic E-state index is 8.21. The molecule has 2 aromatic carbocycles. The zero-order valence-corrected chi connectivity index (χ0v) is 19.9. The molecule has 3 aromatic rings. The van der Waals surface area contributed by atoms with E-state index in [1.165, 1.54) is 0 Å². The highest BCUT2D eigenvalue weighted by Gasteiger charge is 2.14. The highest BCUT2D eigenvalue weighted by molar-refractivity contribution is 5.92. The molecule has 1 heterocycles. The van der Waals surface area contributed by atoms with Crippen molar-refractivity contribution >= 4 is 28.4 Å². The first kappa shape index (κ1) is 25.8. The van der Waals surface area contributed by atoms with Crippen LogP contribution in [0.1, 0.15) is 18.1 Å². The van der Waals surface area contributed by atoms with E-state index in [-0.39, 0.29) is 18.7 Å². The Morgan fingerprint density at radius 3 is 2.12 bits per heavy atom. The summed E-state index contributed by atoms with van der Waals surface area (Å²) in [6, 6.07) is 7.60. The van der Waals surface area contributed by atoms with Gasteiger partial charge < -0.3 is 40.8 Å². The molecule has 0 saturated heterocycles. The smallest absolute Gasteiger partial charge is 0.222 e. The van der Waals surface area contributed by atoms with Gasteiger partial charge in [0.1, 0.15) is 5.82 Å². The normalized spacial score (nSPS) is 11.4. The van der Waals surface area contributed by atoms with E-state index < -0.39 is 0 Å². The molecule has 10 nitrogen and oxygen atoms in total. The lowest BCUT2D eigenvalue weighted by molar-refractivity contribution is 0.0623. The fourth-order valence-corrected chi connectivity index (χ4v) is 3.13. The van der Waals surface area contributed by atoms with Gasteiger partial charge in [-0.25, -0.2) is 4.98 Å². The highest BCUT2D eigenvalue weighted by atomic mass is 16.5. The lowest BCUT2D eigenvalue weighted by Crippen LogP contribution is -2.08. The first-order valence-corrected chi connectivity index (χ1v) is 10.3. The molecular formula is C23H33N5O5. The van der Waals surface area contributed by atoms with E-state index in [0.29, 0.717) is 29.6 Å². The largest absolute Gasteiger partial charge is 0.493 e. The third kappa shape index (κ3) is 6.27. The first-order valence-electron chi connectivity index (χ1n) is 10.3. The number of aromatic nitrogens is 2. The van der Waals surface area contributed by atoms with Crippen molar-refractivity contribution in [3.63, 3.8) is 0 Å². The molecule has 1 aromatic heterocycles. The van der Waals surface area contributed by atoms with Crippen molar-refractivity contribution in [1.29, 1.82) is 0 Å². The topological polar surface area (TPSA) is 147 Å². The van der Waals surface area contributed by atoms with Gasteiger partial charge in [-0.1, -0.05) is 6.07 Å². The Labute approximate surface area is 193 Å². The van der Waals surface area contributed by atoms with Crippen LogP contribution in [0.2, 0.25) is 0 Å². The number of nitrogens with zero attached hydrogens (tertiary/aromatic N) is 2. The molecule has 0 aliphatic heterocycles. The highest BCUT2D eigenvalue weighted by Crippen LogP contribution is 2.40. The van der Waals surface area contributed by atoms with Crippen LogP contribution in [0.15, 0.2) is 24.3 Å². The quantitative estimate of drug-likeness (QED) is 0.396. The van der Waals surface area contributed by atoms with Crippen LogP contribution in [0.3, 0.4) is 0 Å². The SMILES string of the molecule is COC(C)CO.COc1cc(NCc2ccc3nc(N)nc(N)c3c2C)cc(OC)c1OC. The zero-order valence-electron chi connectivity index (χ0n) is 19.9. The molecule has 33 heavy (non-hydrogen) atoms. The fraction of sp³-hybridized carbons (Fsp3) is 0.391. The Morgan fingerprint density at radius 1 is 1.00 bits per heavy atom. The summed E-state index contributed by atoms with van der Waals surface area (Å²) in [5, 5.41) is 12.4. The van der Waals surface area contributed by atoms with Crippen LogP contribution >= 0.6 is 0 Å². The van der Waals surface area contributed by atoms with Crippen molar-refractivity contribution in [3.8, 4) is 17.2 Å². The van der Waals surface area contributed by atoms with E-state index in [9.17, 15) is 0 Å². The Kier molecular flexibility index (Phi) is 9.31. The van der Waals surface area contributed by atoms with Gasteiger partial charge in [-0.3, -0.25) is 0 Å². The number of aryl methyl sites for hydroxylation is 1. The van der Waals surface area contributed by atoms with Crippen LogP contribution in [-0.2, 0) is 11.3 Å². The average molecular weight is 460 g/mol. The van der Waals surface area contributed by atoms with Gasteiger partial charge in [0.2, 0.25) is 11.7 Å². The summed E-state index contributed by atoms with van der Waals surface area (Å²) in [5.74, 6) is 2.27. The van der Waals surface area contributed by atoms with Gasteiger partial charge in [-0.15, -0.1) is 0 Å². The van der Waals surface area contributed by atoms with Crippen LogP contribution in [0, 0.1) is 6.92 Å². The minimum Gasteiger partial charge on any atom is -0.493 e. The van der Waals surface area contributed by atoms with E-state index >= 15 is 0 Å². The summed E-state index contributed by atoms with van der Waals surface area (Å²) >= 11 is 0. The third-order valence-electron chi connectivity index (χ3n) is 5.09. The van der Waals surface area contributed by atoms with Gasteiger partial charge in [-0.05, 0) is 31.0 Å². The molecule has 0 saturated carbocycles. The predicted octanol–water partition coefficient (Wildman–Crippen LogP) is 2.75. The number of nitrogen functional groups attached to an aromatic ring is 2. The predicted molar refractivity (Wildman–Crippen MR) is 130 cm³/mol. The van der Waals surface area contributed by atoms with Crippen molar-refractivity contribution in [3.05, 3.63) is 35.4 Å². The molecule has 6 N–H and O–H groups in total. The average Bonchev–Trinajstić information content (AvgIpc) is 2.82. The van der Waals surface area contributed by atoms with Gasteiger partial charge in [-0.2, -0.15) is 4.98 Å². The van der Waals surface area contributed by atoms with Gasteiger partial charge >= 0.3 is 0 Å². The molecule has 10 heteroatoms. The van der Waals surface area contributed by atoms with Crippen LogP contribution < -0.4 is 31.0 Å². The maximum Gasteiger partial charge on any atom is 0.222 e. The number of fused-ring (bicyclic) bond motifs is 1. The van der Waals surface area contributed by atoms with Gasteiger partial charge in [0.25, 0.3) is 0 Å². The number of ether oxygens (including phenoxy) is 4. The Bertz CT molecular complexity index is 1050. The van der Waals surface area contributed by atoms with Crippen LogP contribution in [0.25, 0.3) is 10.9 Å². The van der Waals surface area contributed by atoms with E-state index in [2.05, 4.69) is 20.0 Å². The molecular weight excluding hydrogens is 426 g/mol. The summed E-state index contributed by atoms with van der Waals surface area (Å²) in [7, 11) is 6.32. The molecule has 0 aliphatic rings. The third-order valence-corrected chi connectivity index (χ3v) is 5.09. The molecule has 0 fully saturated rings. The molecule has 1 atom stereocenters. The number of rotatable bonds is 8. The Morgan fingerprint density at radius 2 is 1.64 bits per heavy atom. The second-order valence-electron chi connectivity index (χ2n) is 7.21. The number of nitrogens with two attached hydrogens (primary N) is 2. The molecule has 3 rings (SSSR count). The minimum absolute atomic E-state index is 0.00926. The van der Waals surface area contributed by atoms with Gasteiger partial charge in [0.15, 0.2) is 11.5 Å². The number of benzene rings is 2.